The number of hydrogen-bond donors (Lipinski definition) is 1. The number of nitrogens with two attached hydrogens (primary N) is 1. The van der Waals surface area contributed by atoms with E-state index in [0.717, 1.165) is 24.3 Å². The average Bonchev–Trinajstić information content (AvgIpc) is 2.86. The van der Waals surface area contributed by atoms with Gasteiger partial charge in [0.15, 0.2) is 0 Å². The highest BCUT2D eigenvalue weighted by atomic mass is 35.5. The molecule has 3 nitrogen and oxygen atoms in total. The lowest BCUT2D eigenvalue weighted by atomic mass is 10.2. The van der Waals surface area contributed by atoms with Crippen LogP contribution in [0.1, 0.15) is 22.6 Å². The van der Waals surface area contributed by atoms with Crippen LogP contribution in [0.5, 0.6) is 0 Å². The normalized spacial score (nSPS) is 19.2. The molecule has 1 atom stereocenters. The molecule has 0 aromatic carbocycles. The fraction of sp³-hybridized carbons (Fsp3) is 0.583. The van der Waals surface area contributed by atoms with Crippen LogP contribution in [-0.4, -0.2) is 29.9 Å². The number of carbonyl (C=O) groups is 1. The van der Waals surface area contributed by atoms with Crippen molar-refractivity contribution in [3.05, 3.63) is 21.9 Å². The number of carbonyl (C=O) groups excluding carboxylic acids is 1. The van der Waals surface area contributed by atoms with Crippen molar-refractivity contribution in [2.24, 2.45) is 5.73 Å². The van der Waals surface area contributed by atoms with E-state index in [0.29, 0.717) is 13.0 Å². The van der Waals surface area contributed by atoms with Crippen LogP contribution in [0.3, 0.4) is 0 Å². The van der Waals surface area contributed by atoms with Crippen molar-refractivity contribution in [3.8, 4) is 0 Å². The number of amides is 1. The maximum absolute atomic E-state index is 12.1. The summed E-state index contributed by atoms with van der Waals surface area (Å²) in [6, 6.07) is 4.39. The van der Waals surface area contributed by atoms with Gasteiger partial charge in [-0.15, -0.1) is 23.7 Å². The summed E-state index contributed by atoms with van der Waals surface area (Å²) in [7, 11) is 0. The zero-order valence-electron chi connectivity index (χ0n) is 10.0. The van der Waals surface area contributed by atoms with E-state index < -0.39 is 0 Å². The maximum Gasteiger partial charge on any atom is 0.228 e. The molecule has 1 unspecified atom stereocenters. The molecule has 5 heteroatoms. The maximum atomic E-state index is 12.1. The number of aryl methyl sites for hydroxylation is 1. The molecular weight excluding hydrogens is 256 g/mol. The molecule has 1 saturated heterocycles. The predicted octanol–water partition coefficient (Wildman–Crippen LogP) is 1.97. The van der Waals surface area contributed by atoms with Crippen molar-refractivity contribution >= 4 is 29.7 Å². The molecule has 1 aromatic rings. The molecule has 1 aliphatic rings. The first kappa shape index (κ1) is 14.5. The average molecular weight is 275 g/mol. The monoisotopic (exact) mass is 274 g/mol. The quantitative estimate of drug-likeness (QED) is 0.916. The number of rotatable bonds is 3. The molecular formula is C12H19ClN2OS. The molecule has 0 radical (unpaired) electrons. The summed E-state index contributed by atoms with van der Waals surface area (Å²) >= 11 is 1.70. The van der Waals surface area contributed by atoms with E-state index in [1.165, 1.54) is 4.88 Å². The van der Waals surface area contributed by atoms with Gasteiger partial charge in [-0.05, 0) is 31.9 Å². The molecule has 0 bridgehead atoms. The van der Waals surface area contributed by atoms with Gasteiger partial charge in [0.1, 0.15) is 0 Å². The van der Waals surface area contributed by atoms with E-state index in [2.05, 4.69) is 13.0 Å². The lowest BCUT2D eigenvalue weighted by molar-refractivity contribution is -0.131. The second kappa shape index (κ2) is 6.38. The van der Waals surface area contributed by atoms with Crippen molar-refractivity contribution < 1.29 is 4.79 Å². The Labute approximate surface area is 112 Å². The highest BCUT2D eigenvalue weighted by molar-refractivity contribution is 7.12. The third kappa shape index (κ3) is 3.44. The molecule has 17 heavy (non-hydrogen) atoms. The number of thiophene rings is 1. The third-order valence-electron chi connectivity index (χ3n) is 3.09. The minimum atomic E-state index is 0. The van der Waals surface area contributed by atoms with Crippen LogP contribution in [0.4, 0.5) is 0 Å². The van der Waals surface area contributed by atoms with E-state index in [-0.39, 0.29) is 24.4 Å². The van der Waals surface area contributed by atoms with Gasteiger partial charge >= 0.3 is 0 Å². The lowest BCUT2D eigenvalue weighted by Gasteiger charge is -2.23. The van der Waals surface area contributed by atoms with E-state index >= 15 is 0 Å². The molecule has 1 fully saturated rings. The summed E-state index contributed by atoms with van der Waals surface area (Å²) in [6.07, 6.45) is 2.69. The van der Waals surface area contributed by atoms with Gasteiger partial charge in [0, 0.05) is 28.9 Å². The Kier molecular flexibility index (Phi) is 5.43. The van der Waals surface area contributed by atoms with Crippen LogP contribution in [0.25, 0.3) is 0 Å². The standard InChI is InChI=1S/C12H18N2OS.ClH/c1-9-4-5-11(16-9)7-12(15)14-6-2-3-10(14)8-13;/h4-5,10H,2-3,6-8,13H2,1H3;1H. The summed E-state index contributed by atoms with van der Waals surface area (Å²) in [4.78, 5) is 16.4. The van der Waals surface area contributed by atoms with Crippen molar-refractivity contribution in [1.29, 1.82) is 0 Å². The summed E-state index contributed by atoms with van der Waals surface area (Å²) in [5.41, 5.74) is 5.67. The molecule has 96 valence electrons. The number of halogens is 1. The van der Waals surface area contributed by atoms with E-state index in [1.807, 2.05) is 11.0 Å². The summed E-state index contributed by atoms with van der Waals surface area (Å²) in [5, 5.41) is 0. The minimum Gasteiger partial charge on any atom is -0.338 e. The van der Waals surface area contributed by atoms with E-state index in [1.54, 1.807) is 11.3 Å². The third-order valence-corrected chi connectivity index (χ3v) is 4.09. The van der Waals surface area contributed by atoms with Gasteiger partial charge in [-0.3, -0.25) is 4.79 Å². The van der Waals surface area contributed by atoms with Crippen LogP contribution in [-0.2, 0) is 11.2 Å². The highest BCUT2D eigenvalue weighted by Crippen LogP contribution is 2.20. The van der Waals surface area contributed by atoms with Crippen LogP contribution in [0, 0.1) is 6.92 Å². The Bertz CT molecular complexity index is 380. The Morgan fingerprint density at radius 1 is 1.59 bits per heavy atom. The van der Waals surface area contributed by atoms with E-state index in [9.17, 15) is 4.79 Å². The molecule has 0 aliphatic carbocycles. The van der Waals surface area contributed by atoms with Crippen LogP contribution < -0.4 is 5.73 Å². The first-order valence-electron chi connectivity index (χ1n) is 5.75. The molecule has 1 aliphatic heterocycles. The fourth-order valence-electron chi connectivity index (χ4n) is 2.24. The first-order valence-corrected chi connectivity index (χ1v) is 6.57. The smallest absolute Gasteiger partial charge is 0.228 e. The Hall–Kier alpha value is -0.580. The van der Waals surface area contributed by atoms with E-state index in [4.69, 9.17) is 5.73 Å². The molecule has 1 amide bonds. The minimum absolute atomic E-state index is 0. The molecule has 2 rings (SSSR count). The van der Waals surface area contributed by atoms with Crippen LogP contribution in [0.2, 0.25) is 0 Å². The zero-order chi connectivity index (χ0) is 11.5. The molecule has 2 N–H and O–H groups in total. The SMILES string of the molecule is Cc1ccc(CC(=O)N2CCCC2CN)s1.Cl. The zero-order valence-corrected chi connectivity index (χ0v) is 11.6. The van der Waals surface area contributed by atoms with Gasteiger partial charge in [0.25, 0.3) is 0 Å². The van der Waals surface area contributed by atoms with Gasteiger partial charge < -0.3 is 10.6 Å². The van der Waals surface area contributed by atoms with Gasteiger partial charge in [-0.1, -0.05) is 0 Å². The van der Waals surface area contributed by atoms with Crippen molar-refractivity contribution in [1.82, 2.24) is 4.90 Å². The van der Waals surface area contributed by atoms with Gasteiger partial charge in [0.05, 0.1) is 6.42 Å². The highest BCUT2D eigenvalue weighted by Gasteiger charge is 2.27. The molecule has 2 heterocycles. The predicted molar refractivity (Wildman–Crippen MR) is 73.8 cm³/mol. The van der Waals surface area contributed by atoms with Gasteiger partial charge in [0.2, 0.25) is 5.91 Å². The van der Waals surface area contributed by atoms with Crippen LogP contribution in [0.15, 0.2) is 12.1 Å². The molecule has 1 aromatic heterocycles. The fourth-order valence-corrected chi connectivity index (χ4v) is 3.12. The Balaban J connectivity index is 0.00000144. The number of hydrogen-bond acceptors (Lipinski definition) is 3. The Morgan fingerprint density at radius 2 is 2.35 bits per heavy atom. The summed E-state index contributed by atoms with van der Waals surface area (Å²) in [5.74, 6) is 0.231. The van der Waals surface area contributed by atoms with Crippen molar-refractivity contribution in [2.45, 2.75) is 32.2 Å². The first-order chi connectivity index (χ1) is 7.70. The molecule has 0 spiro atoms. The summed E-state index contributed by atoms with van der Waals surface area (Å²) < 4.78 is 0. The number of nitrogens with zero attached hydrogens (tertiary/aromatic N) is 1. The van der Waals surface area contributed by atoms with Gasteiger partial charge in [-0.2, -0.15) is 0 Å². The molecule has 0 saturated carbocycles. The second-order valence-corrected chi connectivity index (χ2v) is 5.68. The second-order valence-electron chi connectivity index (χ2n) is 4.31. The number of likely N-dealkylation sites (tertiary alicyclic amines) is 1. The van der Waals surface area contributed by atoms with Gasteiger partial charge in [-0.25, -0.2) is 0 Å². The Morgan fingerprint density at radius 3 is 2.94 bits per heavy atom. The van der Waals surface area contributed by atoms with Crippen molar-refractivity contribution in [3.63, 3.8) is 0 Å². The van der Waals surface area contributed by atoms with Crippen molar-refractivity contribution in [2.75, 3.05) is 13.1 Å². The van der Waals surface area contributed by atoms with Crippen LogP contribution >= 0.6 is 23.7 Å². The summed E-state index contributed by atoms with van der Waals surface area (Å²) in [6.45, 7) is 3.54. The lowest BCUT2D eigenvalue weighted by Crippen LogP contribution is -2.40. The topological polar surface area (TPSA) is 46.3 Å². The largest absolute Gasteiger partial charge is 0.338 e.